The van der Waals surface area contributed by atoms with Crippen molar-refractivity contribution in [2.24, 2.45) is 0 Å². The van der Waals surface area contributed by atoms with E-state index in [-0.39, 0.29) is 17.6 Å². The number of aromatic hydroxyl groups is 1. The minimum absolute atomic E-state index is 0.0984. The molecule has 22 heavy (non-hydrogen) atoms. The maximum Gasteiger partial charge on any atom is 0.185 e. The third-order valence-corrected chi connectivity index (χ3v) is 3.59. The van der Waals surface area contributed by atoms with Crippen LogP contribution in [0.3, 0.4) is 0 Å². The summed E-state index contributed by atoms with van der Waals surface area (Å²) in [5.74, 6) is 0.901. The van der Waals surface area contributed by atoms with Crippen LogP contribution in [0.4, 0.5) is 0 Å². The number of benzene rings is 2. The Morgan fingerprint density at radius 3 is 2.64 bits per heavy atom. The molecule has 0 aromatic heterocycles. The number of rotatable bonds is 3. The minimum Gasteiger partial charge on any atom is -0.508 e. The molecule has 0 amide bonds. The summed E-state index contributed by atoms with van der Waals surface area (Å²) in [4.78, 5) is 12.1. The van der Waals surface area contributed by atoms with Crippen molar-refractivity contribution in [3.8, 4) is 11.5 Å². The van der Waals surface area contributed by atoms with Gasteiger partial charge in [-0.25, -0.2) is 0 Å². The highest BCUT2D eigenvalue weighted by Gasteiger charge is 2.16. The second kappa shape index (κ2) is 5.90. The molecule has 3 heteroatoms. The van der Waals surface area contributed by atoms with Gasteiger partial charge in [0.1, 0.15) is 17.6 Å². The van der Waals surface area contributed by atoms with Crippen LogP contribution in [-0.2, 0) is 0 Å². The van der Waals surface area contributed by atoms with Crippen LogP contribution >= 0.6 is 0 Å². The molecule has 1 atom stereocenters. The van der Waals surface area contributed by atoms with Crippen LogP contribution in [0.25, 0.3) is 6.08 Å². The molecule has 0 fully saturated rings. The topological polar surface area (TPSA) is 46.5 Å². The summed E-state index contributed by atoms with van der Waals surface area (Å²) in [6.45, 7) is 1.96. The first-order chi connectivity index (χ1) is 10.6. The number of hydrogen-bond donors (Lipinski definition) is 1. The molecule has 0 saturated heterocycles. The molecule has 0 radical (unpaired) electrons. The number of fused-ring (bicyclic) bond motifs is 1. The number of phenols is 1. The first-order valence-electron chi connectivity index (χ1n) is 7.12. The van der Waals surface area contributed by atoms with Gasteiger partial charge in [0.2, 0.25) is 0 Å². The standard InChI is InChI=1S/C19H16O3/c1-13-15(12-16-4-2-3-5-19(16)22-13)8-11-18(21)14-6-9-17(20)10-7-14/h2-13,20H,1H3/b11-8+/t13-/m0/s1. The molecule has 110 valence electrons. The molecule has 3 rings (SSSR count). The van der Waals surface area contributed by atoms with E-state index in [1.165, 1.54) is 18.2 Å². The molecule has 0 aliphatic carbocycles. The zero-order valence-corrected chi connectivity index (χ0v) is 12.2. The zero-order chi connectivity index (χ0) is 15.5. The lowest BCUT2D eigenvalue weighted by atomic mass is 10.0. The molecular weight excluding hydrogens is 276 g/mol. The van der Waals surface area contributed by atoms with E-state index >= 15 is 0 Å². The second-order valence-corrected chi connectivity index (χ2v) is 5.19. The first-order valence-corrected chi connectivity index (χ1v) is 7.12. The zero-order valence-electron chi connectivity index (χ0n) is 12.2. The van der Waals surface area contributed by atoms with Crippen molar-refractivity contribution in [1.82, 2.24) is 0 Å². The molecule has 2 aromatic carbocycles. The van der Waals surface area contributed by atoms with Gasteiger partial charge in [-0.15, -0.1) is 0 Å². The van der Waals surface area contributed by atoms with Gasteiger partial charge in [0.25, 0.3) is 0 Å². The number of phenolic OH excluding ortho intramolecular Hbond substituents is 1. The normalized spacial score (nSPS) is 16.8. The highest BCUT2D eigenvalue weighted by Crippen LogP contribution is 2.29. The summed E-state index contributed by atoms with van der Waals surface area (Å²) in [6, 6.07) is 14.0. The molecule has 0 saturated carbocycles. The maximum absolute atomic E-state index is 12.1. The van der Waals surface area contributed by atoms with E-state index in [1.807, 2.05) is 37.3 Å². The van der Waals surface area contributed by atoms with Crippen molar-refractivity contribution in [1.29, 1.82) is 0 Å². The van der Waals surface area contributed by atoms with Gasteiger partial charge in [0, 0.05) is 11.1 Å². The van der Waals surface area contributed by atoms with Crippen molar-refractivity contribution < 1.29 is 14.6 Å². The second-order valence-electron chi connectivity index (χ2n) is 5.19. The Balaban J connectivity index is 1.82. The lowest BCUT2D eigenvalue weighted by Gasteiger charge is -2.22. The Kier molecular flexibility index (Phi) is 3.79. The van der Waals surface area contributed by atoms with E-state index in [2.05, 4.69) is 0 Å². The van der Waals surface area contributed by atoms with Crippen molar-refractivity contribution in [2.45, 2.75) is 13.0 Å². The molecular formula is C19H16O3. The van der Waals surface area contributed by atoms with Gasteiger partial charge >= 0.3 is 0 Å². The predicted molar refractivity (Wildman–Crippen MR) is 86.1 cm³/mol. The lowest BCUT2D eigenvalue weighted by molar-refractivity contribution is 0.104. The van der Waals surface area contributed by atoms with E-state index in [0.29, 0.717) is 5.56 Å². The first kappa shape index (κ1) is 14.1. The van der Waals surface area contributed by atoms with Gasteiger partial charge in [0.15, 0.2) is 5.78 Å². The number of carbonyl (C=O) groups is 1. The smallest absolute Gasteiger partial charge is 0.185 e. The van der Waals surface area contributed by atoms with Crippen molar-refractivity contribution in [3.63, 3.8) is 0 Å². The Labute approximate surface area is 129 Å². The summed E-state index contributed by atoms with van der Waals surface area (Å²) in [5, 5.41) is 9.24. The molecule has 1 aliphatic heterocycles. The van der Waals surface area contributed by atoms with E-state index < -0.39 is 0 Å². The molecule has 3 nitrogen and oxygen atoms in total. The third kappa shape index (κ3) is 2.93. The average molecular weight is 292 g/mol. The Morgan fingerprint density at radius 2 is 1.86 bits per heavy atom. The van der Waals surface area contributed by atoms with Crippen LogP contribution in [0.15, 0.2) is 66.3 Å². The largest absolute Gasteiger partial charge is 0.508 e. The predicted octanol–water partition coefficient (Wildman–Crippen LogP) is 4.00. The maximum atomic E-state index is 12.1. The van der Waals surface area contributed by atoms with E-state index in [4.69, 9.17) is 4.74 Å². The number of ketones is 1. The van der Waals surface area contributed by atoms with E-state index in [1.54, 1.807) is 18.2 Å². The molecule has 0 unspecified atom stereocenters. The van der Waals surface area contributed by atoms with Gasteiger partial charge in [-0.3, -0.25) is 4.79 Å². The van der Waals surface area contributed by atoms with Gasteiger partial charge in [-0.05, 0) is 55.0 Å². The number of allylic oxidation sites excluding steroid dienone is 1. The van der Waals surface area contributed by atoms with Crippen molar-refractivity contribution in [3.05, 3.63) is 77.4 Å². The Hall–Kier alpha value is -2.81. The van der Waals surface area contributed by atoms with Crippen LogP contribution in [-0.4, -0.2) is 17.0 Å². The fraction of sp³-hybridized carbons (Fsp3) is 0.105. The molecule has 0 spiro atoms. The highest BCUT2D eigenvalue weighted by molar-refractivity contribution is 6.04. The quantitative estimate of drug-likeness (QED) is 0.687. The minimum atomic E-state index is -0.105. The van der Waals surface area contributed by atoms with Crippen molar-refractivity contribution in [2.75, 3.05) is 0 Å². The fourth-order valence-electron chi connectivity index (χ4n) is 2.34. The van der Waals surface area contributed by atoms with Gasteiger partial charge in [0.05, 0.1) is 0 Å². The summed E-state index contributed by atoms with van der Waals surface area (Å²) < 4.78 is 5.83. The molecule has 1 N–H and O–H groups in total. The number of ether oxygens (including phenoxy) is 1. The lowest BCUT2D eigenvalue weighted by Crippen LogP contribution is -2.17. The Morgan fingerprint density at radius 1 is 1.14 bits per heavy atom. The van der Waals surface area contributed by atoms with Crippen LogP contribution < -0.4 is 4.74 Å². The number of hydrogen-bond acceptors (Lipinski definition) is 3. The summed E-state index contributed by atoms with van der Waals surface area (Å²) >= 11 is 0. The average Bonchev–Trinajstić information content (AvgIpc) is 2.53. The van der Waals surface area contributed by atoms with Gasteiger partial charge < -0.3 is 9.84 Å². The molecule has 0 bridgehead atoms. The highest BCUT2D eigenvalue weighted by atomic mass is 16.5. The van der Waals surface area contributed by atoms with Crippen LogP contribution in [0, 0.1) is 0 Å². The van der Waals surface area contributed by atoms with Crippen LogP contribution in [0.2, 0.25) is 0 Å². The van der Waals surface area contributed by atoms with Crippen molar-refractivity contribution >= 4 is 11.9 Å². The number of para-hydroxylation sites is 1. The Bertz CT molecular complexity index is 755. The van der Waals surface area contributed by atoms with Crippen LogP contribution in [0.1, 0.15) is 22.8 Å². The van der Waals surface area contributed by atoms with Crippen LogP contribution in [0.5, 0.6) is 11.5 Å². The molecule has 2 aromatic rings. The SMILES string of the molecule is C[C@@H]1Oc2ccccc2C=C1/C=C/C(=O)c1ccc(O)cc1. The monoisotopic (exact) mass is 292 g/mol. The van der Waals surface area contributed by atoms with Gasteiger partial charge in [-0.1, -0.05) is 24.3 Å². The summed E-state index contributed by atoms with van der Waals surface area (Å²) in [6.07, 6.45) is 5.25. The van der Waals surface area contributed by atoms with E-state index in [9.17, 15) is 9.90 Å². The third-order valence-electron chi connectivity index (χ3n) is 3.59. The molecule has 1 aliphatic rings. The summed E-state index contributed by atoms with van der Waals surface area (Å²) in [5.41, 5.74) is 2.50. The van der Waals surface area contributed by atoms with E-state index in [0.717, 1.165) is 16.9 Å². The molecule has 1 heterocycles. The summed E-state index contributed by atoms with van der Waals surface area (Å²) in [7, 11) is 0. The number of carbonyl (C=O) groups excluding carboxylic acids is 1. The fourth-order valence-corrected chi connectivity index (χ4v) is 2.34. The van der Waals surface area contributed by atoms with Gasteiger partial charge in [-0.2, -0.15) is 0 Å².